The van der Waals surface area contributed by atoms with Gasteiger partial charge >= 0.3 is 5.97 Å². The quantitative estimate of drug-likeness (QED) is 0.492. The van der Waals surface area contributed by atoms with E-state index in [1.54, 1.807) is 0 Å². The fraction of sp³-hybridized carbons (Fsp3) is 0.160. The molecule has 5 heteroatoms. The Balaban J connectivity index is 0.00000218. The first-order valence-corrected chi connectivity index (χ1v) is 9.82. The molecule has 0 aromatic heterocycles. The molecule has 0 fully saturated rings. The average Bonchev–Trinajstić information content (AvgIpc) is 2.73. The van der Waals surface area contributed by atoms with Crippen LogP contribution in [-0.2, 0) is 17.6 Å². The second-order valence-corrected chi connectivity index (χ2v) is 7.96. The van der Waals surface area contributed by atoms with Gasteiger partial charge in [0.1, 0.15) is 11.5 Å². The van der Waals surface area contributed by atoms with E-state index in [2.05, 4.69) is 42.1 Å². The van der Waals surface area contributed by atoms with Crippen LogP contribution in [-0.4, -0.2) is 16.6 Å². The zero-order valence-corrected chi connectivity index (χ0v) is 17.2. The molecule has 0 spiro atoms. The van der Waals surface area contributed by atoms with Crippen LogP contribution in [0.25, 0.3) is 21.5 Å². The van der Waals surface area contributed by atoms with E-state index in [-0.39, 0.29) is 12.4 Å². The van der Waals surface area contributed by atoms with Gasteiger partial charge in [-0.25, -0.2) is 4.79 Å². The summed E-state index contributed by atoms with van der Waals surface area (Å²) in [5, 5.41) is 14.2. The first-order chi connectivity index (χ1) is 14.0. The fourth-order valence-electron chi connectivity index (χ4n) is 4.26. The number of rotatable bonds is 3. The maximum atomic E-state index is 11.6. The van der Waals surface area contributed by atoms with E-state index < -0.39 is 11.5 Å². The molecule has 1 atom stereocenters. The lowest BCUT2D eigenvalue weighted by atomic mass is 9.78. The standard InChI is InChI=1S/C25H21NO3.ClH/c26-25(24(27)28)12-11-16-7-9-20(13-19(16)15-25)29-21-10-8-18-6-5-17-3-1-2-4-22(17)23(18)14-21;/h1-10,13-14H,11-12,15,26H2,(H,27,28);1H. The van der Waals surface area contributed by atoms with Crippen molar-refractivity contribution in [3.63, 3.8) is 0 Å². The molecule has 0 radical (unpaired) electrons. The summed E-state index contributed by atoms with van der Waals surface area (Å²) < 4.78 is 6.16. The van der Waals surface area contributed by atoms with Crippen LogP contribution in [0.1, 0.15) is 17.5 Å². The van der Waals surface area contributed by atoms with Crippen LogP contribution in [0.15, 0.2) is 72.8 Å². The average molecular weight is 420 g/mol. The van der Waals surface area contributed by atoms with Crippen molar-refractivity contribution in [2.75, 3.05) is 0 Å². The van der Waals surface area contributed by atoms with Crippen LogP contribution >= 0.6 is 0 Å². The van der Waals surface area contributed by atoms with Gasteiger partial charge < -0.3 is 28.0 Å². The van der Waals surface area contributed by atoms with Crippen LogP contribution in [0.5, 0.6) is 11.5 Å². The molecule has 4 nitrogen and oxygen atoms in total. The molecular weight excluding hydrogens is 398 g/mol. The van der Waals surface area contributed by atoms with Gasteiger partial charge in [-0.15, -0.1) is 0 Å². The molecule has 0 amide bonds. The number of quaternary nitrogens is 1. The Labute approximate surface area is 180 Å². The Morgan fingerprint density at radius 1 is 0.867 bits per heavy atom. The number of carbonyl (C=O) groups is 1. The number of hydrogen-bond donors (Lipinski definition) is 2. The molecule has 30 heavy (non-hydrogen) atoms. The number of fused-ring (bicyclic) bond motifs is 4. The third-order valence-electron chi connectivity index (χ3n) is 5.99. The van der Waals surface area contributed by atoms with Gasteiger partial charge in [-0.05, 0) is 63.4 Å². The molecule has 0 saturated heterocycles. The normalized spacial score (nSPS) is 17.9. The van der Waals surface area contributed by atoms with E-state index in [4.69, 9.17) is 4.74 Å². The summed E-state index contributed by atoms with van der Waals surface area (Å²) in [6, 6.07) is 24.7. The lowest BCUT2D eigenvalue weighted by Crippen LogP contribution is -3.00. The van der Waals surface area contributed by atoms with Crippen LogP contribution in [0, 0.1) is 0 Å². The highest BCUT2D eigenvalue weighted by Crippen LogP contribution is 2.33. The maximum Gasteiger partial charge on any atom is 0.365 e. The molecule has 0 aliphatic heterocycles. The van der Waals surface area contributed by atoms with Gasteiger partial charge in [0, 0.05) is 12.8 Å². The first kappa shape index (κ1) is 20.2. The minimum atomic E-state index is -0.951. The molecule has 152 valence electrons. The minimum absolute atomic E-state index is 0. The summed E-state index contributed by atoms with van der Waals surface area (Å²) in [6.45, 7) is 0. The van der Waals surface area contributed by atoms with Crippen LogP contribution in [0.4, 0.5) is 0 Å². The highest BCUT2D eigenvalue weighted by molar-refractivity contribution is 6.07. The van der Waals surface area contributed by atoms with Crippen LogP contribution < -0.4 is 22.9 Å². The number of ether oxygens (including phenoxy) is 1. The fourth-order valence-corrected chi connectivity index (χ4v) is 4.26. The van der Waals surface area contributed by atoms with Crippen molar-refractivity contribution in [2.24, 2.45) is 0 Å². The van der Waals surface area contributed by atoms with Crippen molar-refractivity contribution < 1.29 is 32.8 Å². The zero-order chi connectivity index (χ0) is 20.0. The summed E-state index contributed by atoms with van der Waals surface area (Å²) in [4.78, 5) is 11.6. The van der Waals surface area contributed by atoms with Gasteiger partial charge in [0.2, 0.25) is 0 Å². The van der Waals surface area contributed by atoms with E-state index in [1.807, 2.05) is 36.4 Å². The van der Waals surface area contributed by atoms with E-state index in [0.29, 0.717) is 12.8 Å². The number of hydrogen-bond acceptors (Lipinski definition) is 2. The van der Waals surface area contributed by atoms with Gasteiger partial charge in [0.25, 0.3) is 0 Å². The summed E-state index contributed by atoms with van der Waals surface area (Å²) >= 11 is 0. The van der Waals surface area contributed by atoms with Crippen molar-refractivity contribution in [2.45, 2.75) is 24.8 Å². The smallest absolute Gasteiger partial charge is 0.365 e. The predicted molar refractivity (Wildman–Crippen MR) is 113 cm³/mol. The van der Waals surface area contributed by atoms with Crippen molar-refractivity contribution in [1.29, 1.82) is 0 Å². The molecule has 1 unspecified atom stereocenters. The maximum absolute atomic E-state index is 11.6. The minimum Gasteiger partial charge on any atom is -1.00 e. The second kappa shape index (κ2) is 7.63. The molecular formula is C25H22ClNO3. The SMILES string of the molecule is [Cl-].[NH3+]C1(C(=O)O)CCc2ccc(Oc3ccc4ccc5ccccc5c4c3)cc2C1. The molecule has 4 N–H and O–H groups in total. The lowest BCUT2D eigenvalue weighted by molar-refractivity contribution is -0.464. The van der Waals surface area contributed by atoms with Gasteiger partial charge in [0.05, 0.1) is 0 Å². The second-order valence-electron chi connectivity index (χ2n) is 7.96. The van der Waals surface area contributed by atoms with Gasteiger partial charge in [-0.1, -0.05) is 48.5 Å². The number of carboxylic acids is 1. The summed E-state index contributed by atoms with van der Waals surface area (Å²) in [7, 11) is 0. The van der Waals surface area contributed by atoms with Crippen molar-refractivity contribution in [3.05, 3.63) is 83.9 Å². The Morgan fingerprint density at radius 3 is 2.33 bits per heavy atom. The van der Waals surface area contributed by atoms with E-state index in [1.165, 1.54) is 21.7 Å². The van der Waals surface area contributed by atoms with Crippen LogP contribution in [0.3, 0.4) is 0 Å². The molecule has 1 aliphatic rings. The third kappa shape index (κ3) is 3.49. The largest absolute Gasteiger partial charge is 1.00 e. The molecule has 5 rings (SSSR count). The summed E-state index contributed by atoms with van der Waals surface area (Å²) in [5.74, 6) is 0.651. The van der Waals surface area contributed by atoms with Crippen molar-refractivity contribution >= 4 is 27.5 Å². The van der Waals surface area contributed by atoms with E-state index in [0.717, 1.165) is 28.9 Å². The number of aliphatic carboxylic acids is 1. The van der Waals surface area contributed by atoms with Gasteiger partial charge in [-0.2, -0.15) is 0 Å². The van der Waals surface area contributed by atoms with E-state index >= 15 is 0 Å². The number of benzene rings is 4. The molecule has 0 heterocycles. The topological polar surface area (TPSA) is 74.2 Å². The van der Waals surface area contributed by atoms with E-state index in [9.17, 15) is 9.90 Å². The summed E-state index contributed by atoms with van der Waals surface area (Å²) in [6.07, 6.45) is 1.72. The van der Waals surface area contributed by atoms with Crippen LogP contribution in [0.2, 0.25) is 0 Å². The predicted octanol–water partition coefficient (Wildman–Crippen LogP) is 1.34. The molecule has 4 aromatic carbocycles. The Bertz CT molecular complexity index is 1270. The molecule has 0 bridgehead atoms. The molecule has 0 saturated carbocycles. The zero-order valence-electron chi connectivity index (χ0n) is 16.4. The third-order valence-corrected chi connectivity index (χ3v) is 5.99. The molecule has 1 aliphatic carbocycles. The van der Waals surface area contributed by atoms with Crippen molar-refractivity contribution in [3.8, 4) is 11.5 Å². The highest BCUT2D eigenvalue weighted by Gasteiger charge is 2.41. The highest BCUT2D eigenvalue weighted by atomic mass is 35.5. The van der Waals surface area contributed by atoms with Crippen molar-refractivity contribution in [1.82, 2.24) is 0 Å². The summed E-state index contributed by atoms with van der Waals surface area (Å²) in [5.41, 5.74) is 5.21. The number of carboxylic acid groups (broad SMARTS) is 1. The number of halogens is 1. The monoisotopic (exact) mass is 419 g/mol. The number of aryl methyl sites for hydroxylation is 1. The lowest BCUT2D eigenvalue weighted by Gasteiger charge is -2.28. The Morgan fingerprint density at radius 2 is 1.53 bits per heavy atom. The molecule has 4 aromatic rings. The van der Waals surface area contributed by atoms with Gasteiger partial charge in [-0.3, -0.25) is 0 Å². The first-order valence-electron chi connectivity index (χ1n) is 9.82. The van der Waals surface area contributed by atoms with Gasteiger partial charge in [0.15, 0.2) is 5.54 Å². The Kier molecular flexibility index (Phi) is 5.14. The Hall–Kier alpha value is -3.08.